The van der Waals surface area contributed by atoms with Gasteiger partial charge in [0.05, 0.1) is 4.34 Å². The molecule has 1 aliphatic heterocycles. The highest BCUT2D eigenvalue weighted by atomic mass is 35.5. The SMILES string of the molecule is CC(c1ccc(Cl)s1)N1CCCCC1CN. The van der Waals surface area contributed by atoms with Gasteiger partial charge in [-0.1, -0.05) is 18.0 Å². The highest BCUT2D eigenvalue weighted by Gasteiger charge is 2.26. The van der Waals surface area contributed by atoms with E-state index in [0.29, 0.717) is 12.1 Å². The van der Waals surface area contributed by atoms with Crippen molar-refractivity contribution in [3.8, 4) is 0 Å². The molecule has 1 aromatic heterocycles. The molecule has 0 bridgehead atoms. The van der Waals surface area contributed by atoms with Gasteiger partial charge in [0, 0.05) is 23.5 Å². The van der Waals surface area contributed by atoms with Gasteiger partial charge in [-0.15, -0.1) is 11.3 Å². The molecule has 1 saturated heterocycles. The normalized spacial score (nSPS) is 24.6. The smallest absolute Gasteiger partial charge is 0.0931 e. The minimum Gasteiger partial charge on any atom is -0.329 e. The van der Waals surface area contributed by atoms with Crippen LogP contribution in [0.25, 0.3) is 0 Å². The van der Waals surface area contributed by atoms with Crippen molar-refractivity contribution in [2.75, 3.05) is 13.1 Å². The highest BCUT2D eigenvalue weighted by Crippen LogP contribution is 2.33. The predicted molar refractivity (Wildman–Crippen MR) is 71.1 cm³/mol. The summed E-state index contributed by atoms with van der Waals surface area (Å²) in [5, 5.41) is 0. The third-order valence-corrected chi connectivity index (χ3v) is 4.85. The monoisotopic (exact) mass is 258 g/mol. The second-order valence-electron chi connectivity index (χ2n) is 4.44. The van der Waals surface area contributed by atoms with Crippen LogP contribution in [-0.4, -0.2) is 24.0 Å². The number of hydrogen-bond acceptors (Lipinski definition) is 3. The van der Waals surface area contributed by atoms with Crippen LogP contribution in [0.15, 0.2) is 12.1 Å². The lowest BCUT2D eigenvalue weighted by atomic mass is 10.00. The van der Waals surface area contributed by atoms with Crippen molar-refractivity contribution < 1.29 is 0 Å². The zero-order chi connectivity index (χ0) is 11.5. The van der Waals surface area contributed by atoms with Crippen LogP contribution in [0.5, 0.6) is 0 Å². The quantitative estimate of drug-likeness (QED) is 0.902. The van der Waals surface area contributed by atoms with Crippen LogP contribution in [-0.2, 0) is 0 Å². The Morgan fingerprint density at radius 3 is 3.00 bits per heavy atom. The molecule has 90 valence electrons. The van der Waals surface area contributed by atoms with Gasteiger partial charge in [0.15, 0.2) is 0 Å². The molecule has 2 nitrogen and oxygen atoms in total. The standard InChI is InChI=1S/C12H19ClN2S/c1-9(11-5-6-12(13)16-11)15-7-3-2-4-10(15)8-14/h5-6,9-10H,2-4,7-8,14H2,1H3. The fourth-order valence-electron chi connectivity index (χ4n) is 2.50. The molecule has 16 heavy (non-hydrogen) atoms. The predicted octanol–water partition coefficient (Wildman–Crippen LogP) is 3.28. The van der Waals surface area contributed by atoms with Crippen LogP contribution in [0.1, 0.15) is 37.1 Å². The molecule has 1 fully saturated rings. The van der Waals surface area contributed by atoms with Crippen LogP contribution in [0.3, 0.4) is 0 Å². The van der Waals surface area contributed by atoms with E-state index < -0.39 is 0 Å². The van der Waals surface area contributed by atoms with E-state index in [1.165, 1.54) is 30.7 Å². The number of thiophene rings is 1. The van der Waals surface area contributed by atoms with Crippen molar-refractivity contribution in [1.29, 1.82) is 0 Å². The summed E-state index contributed by atoms with van der Waals surface area (Å²) in [6.07, 6.45) is 3.84. The lowest BCUT2D eigenvalue weighted by molar-refractivity contribution is 0.109. The van der Waals surface area contributed by atoms with E-state index in [1.54, 1.807) is 11.3 Å². The van der Waals surface area contributed by atoms with Gasteiger partial charge < -0.3 is 5.73 Å². The summed E-state index contributed by atoms with van der Waals surface area (Å²) in [5.41, 5.74) is 5.85. The Hall–Kier alpha value is -0.0900. The van der Waals surface area contributed by atoms with Crippen molar-refractivity contribution in [2.24, 2.45) is 5.73 Å². The summed E-state index contributed by atoms with van der Waals surface area (Å²) in [7, 11) is 0. The summed E-state index contributed by atoms with van der Waals surface area (Å²) in [6, 6.07) is 5.12. The molecule has 2 unspecified atom stereocenters. The molecule has 2 N–H and O–H groups in total. The first-order valence-corrected chi connectivity index (χ1v) is 7.13. The van der Waals surface area contributed by atoms with Crippen molar-refractivity contribution in [3.63, 3.8) is 0 Å². The van der Waals surface area contributed by atoms with E-state index in [1.807, 2.05) is 6.07 Å². The third-order valence-electron chi connectivity index (χ3n) is 3.45. The number of halogens is 1. The van der Waals surface area contributed by atoms with Gasteiger partial charge >= 0.3 is 0 Å². The number of rotatable bonds is 3. The van der Waals surface area contributed by atoms with Crippen LogP contribution in [0.2, 0.25) is 4.34 Å². The Bertz CT molecular complexity index is 340. The second-order valence-corrected chi connectivity index (χ2v) is 6.19. The van der Waals surface area contributed by atoms with E-state index in [-0.39, 0.29) is 0 Å². The summed E-state index contributed by atoms with van der Waals surface area (Å²) in [5.74, 6) is 0. The lowest BCUT2D eigenvalue weighted by Crippen LogP contribution is -2.45. The van der Waals surface area contributed by atoms with Crippen LogP contribution >= 0.6 is 22.9 Å². The minimum atomic E-state index is 0.450. The first-order valence-electron chi connectivity index (χ1n) is 5.93. The molecule has 0 radical (unpaired) electrons. The molecule has 2 rings (SSSR count). The fraction of sp³-hybridized carbons (Fsp3) is 0.667. The van der Waals surface area contributed by atoms with Gasteiger partial charge in [0.25, 0.3) is 0 Å². The van der Waals surface area contributed by atoms with E-state index in [9.17, 15) is 0 Å². The number of nitrogens with two attached hydrogens (primary N) is 1. The van der Waals surface area contributed by atoms with Crippen LogP contribution < -0.4 is 5.73 Å². The molecule has 1 aromatic rings. The number of hydrogen-bond donors (Lipinski definition) is 1. The van der Waals surface area contributed by atoms with Crippen LogP contribution in [0.4, 0.5) is 0 Å². The molecule has 0 aromatic carbocycles. The first kappa shape index (κ1) is 12.4. The molecule has 0 amide bonds. The Morgan fingerprint density at radius 1 is 1.56 bits per heavy atom. The van der Waals surface area contributed by atoms with Crippen LogP contribution in [0, 0.1) is 0 Å². The van der Waals surface area contributed by atoms with E-state index >= 15 is 0 Å². The number of nitrogens with zero attached hydrogens (tertiary/aromatic N) is 1. The van der Waals surface area contributed by atoms with Crippen molar-refractivity contribution in [2.45, 2.75) is 38.3 Å². The van der Waals surface area contributed by atoms with Gasteiger partial charge in [0.2, 0.25) is 0 Å². The molecule has 0 aliphatic carbocycles. The average molecular weight is 259 g/mol. The Labute approximate surface area is 106 Å². The number of piperidine rings is 1. The third kappa shape index (κ3) is 2.59. The maximum Gasteiger partial charge on any atom is 0.0931 e. The van der Waals surface area contributed by atoms with Gasteiger partial charge in [0.1, 0.15) is 0 Å². The average Bonchev–Trinajstić information content (AvgIpc) is 2.75. The summed E-state index contributed by atoms with van der Waals surface area (Å²) in [4.78, 5) is 3.89. The molecule has 2 atom stereocenters. The maximum absolute atomic E-state index is 5.99. The molecule has 0 saturated carbocycles. The summed E-state index contributed by atoms with van der Waals surface area (Å²) in [6.45, 7) is 4.19. The fourth-order valence-corrected chi connectivity index (χ4v) is 3.64. The molecule has 2 heterocycles. The Kier molecular flexibility index (Phi) is 4.25. The number of likely N-dealkylation sites (tertiary alicyclic amines) is 1. The molecule has 0 spiro atoms. The molecule has 1 aliphatic rings. The van der Waals surface area contributed by atoms with Crippen molar-refractivity contribution in [3.05, 3.63) is 21.3 Å². The summed E-state index contributed by atoms with van der Waals surface area (Å²) < 4.78 is 0.878. The zero-order valence-corrected chi connectivity index (χ0v) is 11.2. The van der Waals surface area contributed by atoms with Gasteiger partial charge in [-0.25, -0.2) is 0 Å². The molecular formula is C12H19ClN2S. The van der Waals surface area contributed by atoms with Crippen molar-refractivity contribution >= 4 is 22.9 Å². The van der Waals surface area contributed by atoms with E-state index in [2.05, 4.69) is 17.9 Å². The van der Waals surface area contributed by atoms with E-state index in [0.717, 1.165) is 10.9 Å². The van der Waals surface area contributed by atoms with E-state index in [4.69, 9.17) is 17.3 Å². The van der Waals surface area contributed by atoms with Crippen molar-refractivity contribution in [1.82, 2.24) is 4.90 Å². The highest BCUT2D eigenvalue weighted by molar-refractivity contribution is 7.16. The minimum absolute atomic E-state index is 0.450. The van der Waals surface area contributed by atoms with Gasteiger partial charge in [-0.2, -0.15) is 0 Å². The largest absolute Gasteiger partial charge is 0.329 e. The lowest BCUT2D eigenvalue weighted by Gasteiger charge is -2.39. The maximum atomic E-state index is 5.99. The molecule has 4 heteroatoms. The zero-order valence-electron chi connectivity index (χ0n) is 9.66. The van der Waals surface area contributed by atoms with Gasteiger partial charge in [-0.3, -0.25) is 4.90 Å². The van der Waals surface area contributed by atoms with Gasteiger partial charge in [-0.05, 0) is 38.4 Å². The molecular weight excluding hydrogens is 240 g/mol. The Morgan fingerprint density at radius 2 is 2.38 bits per heavy atom. The first-order chi connectivity index (χ1) is 7.72. The summed E-state index contributed by atoms with van der Waals surface area (Å²) >= 11 is 7.67. The Balaban J connectivity index is 2.10. The second kappa shape index (κ2) is 5.50. The topological polar surface area (TPSA) is 29.3 Å².